The van der Waals surface area contributed by atoms with E-state index in [0.717, 1.165) is 34.9 Å². The van der Waals surface area contributed by atoms with E-state index < -0.39 is 5.60 Å². The standard InChI is InChI=1S/C26H32N6O3/c1-18-15-24(32-11-13-35-14-12-32)23(16-19(18)17-27-10-8-26(2,3)34)30-25(33)22-6-4-5-20(29-22)21-7-9-28-31-21/h4-7,9,15-17,27,34H,1,8,10-14H2,2-3H3,(H,28,31)(H,30,33)/b19-17-. The summed E-state index contributed by atoms with van der Waals surface area (Å²) >= 11 is 0. The number of benzene rings is 1. The summed E-state index contributed by atoms with van der Waals surface area (Å²) in [6.45, 7) is 11.1. The molecule has 4 rings (SSSR count). The number of ether oxygens (including phenoxy) is 1. The maximum absolute atomic E-state index is 13.2. The molecule has 3 heterocycles. The van der Waals surface area contributed by atoms with Crippen molar-refractivity contribution in [3.05, 3.63) is 58.7 Å². The summed E-state index contributed by atoms with van der Waals surface area (Å²) in [5.41, 5.74) is 2.51. The van der Waals surface area contributed by atoms with Gasteiger partial charge in [0.05, 0.1) is 41.6 Å². The number of morpholine rings is 1. The molecule has 2 aromatic heterocycles. The van der Waals surface area contributed by atoms with E-state index in [0.29, 0.717) is 43.3 Å². The van der Waals surface area contributed by atoms with Gasteiger partial charge < -0.3 is 25.4 Å². The summed E-state index contributed by atoms with van der Waals surface area (Å²) < 4.78 is 5.51. The van der Waals surface area contributed by atoms with Gasteiger partial charge in [-0.05, 0) is 61.0 Å². The van der Waals surface area contributed by atoms with Crippen molar-refractivity contribution in [3.63, 3.8) is 0 Å². The number of aliphatic hydroxyl groups is 1. The fourth-order valence-corrected chi connectivity index (χ4v) is 3.80. The minimum Gasteiger partial charge on any atom is -0.390 e. The van der Waals surface area contributed by atoms with Gasteiger partial charge in [-0.25, -0.2) is 4.98 Å². The lowest BCUT2D eigenvalue weighted by Crippen LogP contribution is -2.39. The molecule has 0 aliphatic carbocycles. The van der Waals surface area contributed by atoms with Crippen molar-refractivity contribution in [1.29, 1.82) is 0 Å². The van der Waals surface area contributed by atoms with Gasteiger partial charge >= 0.3 is 0 Å². The van der Waals surface area contributed by atoms with Crippen LogP contribution in [0.4, 0.5) is 11.4 Å². The van der Waals surface area contributed by atoms with Crippen LogP contribution in [-0.4, -0.2) is 64.6 Å². The Morgan fingerprint density at radius 2 is 2.09 bits per heavy atom. The predicted octanol–water partition coefficient (Wildman–Crippen LogP) is 1.46. The molecule has 1 amide bonds. The SMILES string of the molecule is C=c1cc(N2CCOCC2)c(NC(=O)c2cccc(-c3ccn[nH]3)n2)c/c1=C/NCCC(C)(C)O. The second-order valence-corrected chi connectivity index (χ2v) is 9.16. The number of hydrogen-bond donors (Lipinski definition) is 4. The Morgan fingerprint density at radius 1 is 1.29 bits per heavy atom. The lowest BCUT2D eigenvalue weighted by molar-refractivity contribution is 0.0724. The van der Waals surface area contributed by atoms with Gasteiger partial charge in [-0.2, -0.15) is 5.10 Å². The topological polar surface area (TPSA) is 115 Å². The summed E-state index contributed by atoms with van der Waals surface area (Å²) in [6.07, 6.45) is 4.11. The van der Waals surface area contributed by atoms with Gasteiger partial charge in [0.25, 0.3) is 5.91 Å². The molecule has 0 spiro atoms. The first-order valence-corrected chi connectivity index (χ1v) is 11.7. The van der Waals surface area contributed by atoms with E-state index in [9.17, 15) is 9.90 Å². The molecule has 0 atom stereocenters. The highest BCUT2D eigenvalue weighted by Gasteiger charge is 2.18. The van der Waals surface area contributed by atoms with E-state index in [4.69, 9.17) is 4.74 Å². The molecule has 3 aromatic rings. The molecule has 0 radical (unpaired) electrons. The Kier molecular flexibility index (Phi) is 7.48. The van der Waals surface area contributed by atoms with E-state index in [1.54, 1.807) is 38.2 Å². The molecule has 0 unspecified atom stereocenters. The minimum absolute atomic E-state index is 0.303. The first-order chi connectivity index (χ1) is 16.8. The van der Waals surface area contributed by atoms with E-state index in [1.165, 1.54) is 0 Å². The molecule has 0 bridgehead atoms. The maximum atomic E-state index is 13.2. The van der Waals surface area contributed by atoms with Crippen molar-refractivity contribution >= 4 is 30.1 Å². The van der Waals surface area contributed by atoms with Crippen LogP contribution in [0.5, 0.6) is 0 Å². The van der Waals surface area contributed by atoms with Gasteiger partial charge in [0, 0.05) is 32.0 Å². The summed E-state index contributed by atoms with van der Waals surface area (Å²) in [5, 5.41) is 24.7. The zero-order valence-corrected chi connectivity index (χ0v) is 20.2. The summed E-state index contributed by atoms with van der Waals surface area (Å²) in [6, 6.07) is 11.0. The number of nitrogens with zero attached hydrogens (tertiary/aromatic N) is 3. The van der Waals surface area contributed by atoms with Crippen LogP contribution in [0.25, 0.3) is 24.2 Å². The van der Waals surface area contributed by atoms with Crippen LogP contribution in [0.1, 0.15) is 30.8 Å². The van der Waals surface area contributed by atoms with Crippen LogP contribution >= 0.6 is 0 Å². The first-order valence-electron chi connectivity index (χ1n) is 11.7. The number of pyridine rings is 1. The predicted molar refractivity (Wildman–Crippen MR) is 137 cm³/mol. The fourth-order valence-electron chi connectivity index (χ4n) is 3.80. The molecule has 1 aliphatic rings. The monoisotopic (exact) mass is 476 g/mol. The van der Waals surface area contributed by atoms with Gasteiger partial charge in [-0.3, -0.25) is 9.89 Å². The molecule has 184 valence electrons. The van der Waals surface area contributed by atoms with Gasteiger partial charge in [-0.15, -0.1) is 0 Å². The molecular weight excluding hydrogens is 444 g/mol. The van der Waals surface area contributed by atoms with Crippen LogP contribution in [0, 0.1) is 0 Å². The van der Waals surface area contributed by atoms with Gasteiger partial charge in [-0.1, -0.05) is 12.6 Å². The lowest BCUT2D eigenvalue weighted by Gasteiger charge is -2.30. The quantitative estimate of drug-likeness (QED) is 0.364. The average molecular weight is 477 g/mol. The molecule has 1 fully saturated rings. The first kappa shape index (κ1) is 24.4. The van der Waals surface area contributed by atoms with Crippen LogP contribution in [-0.2, 0) is 4.74 Å². The molecule has 9 heteroatoms. The highest BCUT2D eigenvalue weighted by molar-refractivity contribution is 6.05. The number of anilines is 2. The van der Waals surface area contributed by atoms with Crippen molar-refractivity contribution in [1.82, 2.24) is 20.5 Å². The van der Waals surface area contributed by atoms with Crippen molar-refractivity contribution in [2.75, 3.05) is 43.1 Å². The Balaban J connectivity index is 1.62. The Bertz CT molecular complexity index is 1260. The van der Waals surface area contributed by atoms with E-state index in [1.807, 2.05) is 24.4 Å². The van der Waals surface area contributed by atoms with Crippen molar-refractivity contribution in [2.45, 2.75) is 25.9 Å². The summed E-state index contributed by atoms with van der Waals surface area (Å²) in [4.78, 5) is 19.9. The van der Waals surface area contributed by atoms with Crippen LogP contribution in [0.3, 0.4) is 0 Å². The Labute approximate surface area is 204 Å². The number of carbonyl (C=O) groups excluding carboxylic acids is 1. The van der Waals surface area contributed by atoms with Crippen molar-refractivity contribution < 1.29 is 14.6 Å². The highest BCUT2D eigenvalue weighted by atomic mass is 16.5. The number of H-pyrrole nitrogens is 1. The smallest absolute Gasteiger partial charge is 0.274 e. The van der Waals surface area contributed by atoms with E-state index in [2.05, 4.69) is 37.3 Å². The third-order valence-electron chi connectivity index (χ3n) is 5.75. The molecule has 9 nitrogen and oxygen atoms in total. The molecule has 0 saturated carbocycles. The van der Waals surface area contributed by atoms with Crippen molar-refractivity contribution in [3.8, 4) is 11.4 Å². The molecule has 1 saturated heterocycles. The largest absolute Gasteiger partial charge is 0.390 e. The molecule has 1 aliphatic heterocycles. The maximum Gasteiger partial charge on any atom is 0.274 e. The summed E-state index contributed by atoms with van der Waals surface area (Å²) in [7, 11) is 0. The number of amides is 1. The number of aromatic nitrogens is 3. The molecule has 4 N–H and O–H groups in total. The van der Waals surface area contributed by atoms with E-state index >= 15 is 0 Å². The minimum atomic E-state index is -0.745. The zero-order valence-electron chi connectivity index (χ0n) is 20.2. The van der Waals surface area contributed by atoms with Crippen molar-refractivity contribution in [2.24, 2.45) is 0 Å². The average Bonchev–Trinajstić information content (AvgIpc) is 3.38. The van der Waals surface area contributed by atoms with Crippen LogP contribution in [0.15, 0.2) is 42.6 Å². The van der Waals surface area contributed by atoms with E-state index in [-0.39, 0.29) is 5.91 Å². The fraction of sp³-hybridized carbons (Fsp3) is 0.346. The second kappa shape index (κ2) is 10.7. The van der Waals surface area contributed by atoms with Crippen LogP contribution in [0.2, 0.25) is 0 Å². The van der Waals surface area contributed by atoms with Gasteiger partial charge in [0.2, 0.25) is 0 Å². The third kappa shape index (κ3) is 6.46. The number of hydrogen-bond acceptors (Lipinski definition) is 7. The number of carbonyl (C=O) groups is 1. The van der Waals surface area contributed by atoms with Gasteiger partial charge in [0.15, 0.2) is 0 Å². The molecular formula is C26H32N6O3. The zero-order chi connectivity index (χ0) is 24.8. The molecule has 35 heavy (non-hydrogen) atoms. The van der Waals surface area contributed by atoms with Crippen LogP contribution < -0.4 is 26.0 Å². The lowest BCUT2D eigenvalue weighted by atomic mass is 10.1. The normalized spacial score (nSPS) is 14.7. The Morgan fingerprint density at radius 3 is 2.80 bits per heavy atom. The number of rotatable bonds is 8. The second-order valence-electron chi connectivity index (χ2n) is 9.16. The number of nitrogens with one attached hydrogen (secondary N) is 3. The highest BCUT2D eigenvalue weighted by Crippen LogP contribution is 2.24. The Hall–Kier alpha value is -3.69. The summed E-state index contributed by atoms with van der Waals surface area (Å²) in [5.74, 6) is -0.307. The third-order valence-corrected chi connectivity index (χ3v) is 5.75. The number of aromatic amines is 1. The molecule has 1 aromatic carbocycles. The van der Waals surface area contributed by atoms with Gasteiger partial charge in [0.1, 0.15) is 5.69 Å².